The van der Waals surface area contributed by atoms with E-state index in [1.54, 1.807) is 13.1 Å². The summed E-state index contributed by atoms with van der Waals surface area (Å²) in [7, 11) is 0. The van der Waals surface area contributed by atoms with Gasteiger partial charge >= 0.3 is 0 Å². The topological polar surface area (TPSA) is 29.4 Å². The van der Waals surface area contributed by atoms with Crippen molar-refractivity contribution in [3.05, 3.63) is 22.7 Å². The van der Waals surface area contributed by atoms with Gasteiger partial charge in [-0.3, -0.25) is 9.79 Å². The number of carbonyl (C=O) groups excluding carboxylic acids is 1. The lowest BCUT2D eigenvalue weighted by molar-refractivity contribution is -0.119. The Balaban J connectivity index is 2.27. The smallest absolute Gasteiger partial charge is 0.138 e. The maximum atomic E-state index is 11.2. The summed E-state index contributed by atoms with van der Waals surface area (Å²) in [5.74, 6) is 0.405. The molecule has 0 amide bonds. The Hall–Kier alpha value is -0.700. The number of carbonyl (C=O) groups is 1. The van der Waals surface area contributed by atoms with Crippen LogP contribution < -0.4 is 0 Å². The van der Waals surface area contributed by atoms with Gasteiger partial charge in [0.2, 0.25) is 0 Å². The third-order valence-corrected chi connectivity index (χ3v) is 3.03. The number of halogens is 1. The van der Waals surface area contributed by atoms with E-state index >= 15 is 0 Å². The summed E-state index contributed by atoms with van der Waals surface area (Å²) < 4.78 is 1.05. The van der Waals surface area contributed by atoms with Crippen LogP contribution in [-0.4, -0.2) is 18.0 Å². The second-order valence-electron chi connectivity index (χ2n) is 3.41. The molecular weight excluding hydrogens is 230 g/mol. The quantitative estimate of drug-likeness (QED) is 0.690. The minimum Gasteiger partial charge on any atom is -0.299 e. The fourth-order valence-corrected chi connectivity index (χ4v) is 2.25. The highest BCUT2D eigenvalue weighted by molar-refractivity contribution is 9.11. The summed E-state index contributed by atoms with van der Waals surface area (Å²) >= 11 is 3.41. The number of aliphatic imine (C=N–C) groups is 1. The maximum absolute atomic E-state index is 11.2. The van der Waals surface area contributed by atoms with Crippen LogP contribution in [0.1, 0.15) is 6.92 Å². The van der Waals surface area contributed by atoms with E-state index in [0.717, 1.165) is 4.48 Å². The summed E-state index contributed by atoms with van der Waals surface area (Å²) in [4.78, 5) is 15.5. The van der Waals surface area contributed by atoms with Crippen molar-refractivity contribution < 1.29 is 4.79 Å². The first kappa shape index (κ1) is 8.88. The predicted molar refractivity (Wildman–Crippen MR) is 56.1 cm³/mol. The van der Waals surface area contributed by atoms with Gasteiger partial charge in [-0.15, -0.1) is 0 Å². The van der Waals surface area contributed by atoms with Crippen molar-refractivity contribution in [3.63, 3.8) is 0 Å². The molecule has 0 aromatic carbocycles. The van der Waals surface area contributed by atoms with Crippen LogP contribution in [0.4, 0.5) is 0 Å². The highest BCUT2D eigenvalue weighted by atomic mass is 79.9. The van der Waals surface area contributed by atoms with Crippen LogP contribution in [0.25, 0.3) is 0 Å². The molecule has 68 valence electrons. The largest absolute Gasteiger partial charge is 0.299 e. The molecule has 0 aromatic rings. The van der Waals surface area contributed by atoms with E-state index in [-0.39, 0.29) is 23.7 Å². The second-order valence-corrected chi connectivity index (χ2v) is 4.33. The van der Waals surface area contributed by atoms with Gasteiger partial charge in [0.05, 0.1) is 12.0 Å². The van der Waals surface area contributed by atoms with E-state index in [1.807, 2.05) is 12.2 Å². The van der Waals surface area contributed by atoms with Crippen molar-refractivity contribution in [1.82, 2.24) is 0 Å². The maximum Gasteiger partial charge on any atom is 0.138 e. The number of nitrogens with zero attached hydrogens (tertiary/aromatic N) is 1. The number of Topliss-reactive ketones (excluding diaryl/α,β-unsaturated/α-hetero) is 1. The minimum absolute atomic E-state index is 0.0255. The Labute approximate surface area is 85.6 Å². The number of allylic oxidation sites excluding steroid dienone is 2. The number of fused-ring (bicyclic) bond motifs is 1. The monoisotopic (exact) mass is 239 g/mol. The SMILES string of the molecule is CC(=O)C1C=NC2C=CC(Br)=CC21. The van der Waals surface area contributed by atoms with Crippen molar-refractivity contribution in [2.45, 2.75) is 13.0 Å². The summed E-state index contributed by atoms with van der Waals surface area (Å²) in [5.41, 5.74) is 0. The average molecular weight is 240 g/mol. The van der Waals surface area contributed by atoms with Gasteiger partial charge in [-0.05, 0) is 6.92 Å². The number of hydrogen-bond donors (Lipinski definition) is 0. The van der Waals surface area contributed by atoms with E-state index in [4.69, 9.17) is 0 Å². The van der Waals surface area contributed by atoms with Gasteiger partial charge in [-0.1, -0.05) is 34.2 Å². The van der Waals surface area contributed by atoms with Crippen LogP contribution >= 0.6 is 15.9 Å². The average Bonchev–Trinajstić information content (AvgIpc) is 2.46. The molecule has 2 aliphatic rings. The molecule has 1 heterocycles. The van der Waals surface area contributed by atoms with Crippen LogP contribution in [0.2, 0.25) is 0 Å². The Kier molecular flexibility index (Phi) is 2.20. The molecule has 0 fully saturated rings. The molecule has 0 bridgehead atoms. The van der Waals surface area contributed by atoms with Crippen molar-refractivity contribution in [2.75, 3.05) is 0 Å². The molecular formula is C10H10BrNO. The van der Waals surface area contributed by atoms with E-state index < -0.39 is 0 Å². The van der Waals surface area contributed by atoms with Crippen LogP contribution in [0.15, 0.2) is 27.7 Å². The molecule has 0 saturated heterocycles. The first-order valence-corrected chi connectivity index (χ1v) is 5.07. The summed E-state index contributed by atoms with van der Waals surface area (Å²) in [5, 5.41) is 0. The summed E-state index contributed by atoms with van der Waals surface area (Å²) in [6.07, 6.45) is 7.88. The van der Waals surface area contributed by atoms with Gasteiger partial charge in [0.25, 0.3) is 0 Å². The standard InChI is InChI=1S/C10H10BrNO/c1-6(13)9-5-12-10-3-2-7(11)4-8(9)10/h2-5,8-10H,1H3. The van der Waals surface area contributed by atoms with E-state index in [1.165, 1.54) is 0 Å². The first-order valence-electron chi connectivity index (χ1n) is 4.28. The lowest BCUT2D eigenvalue weighted by Crippen LogP contribution is -2.24. The van der Waals surface area contributed by atoms with Crippen LogP contribution in [-0.2, 0) is 4.79 Å². The van der Waals surface area contributed by atoms with Crippen molar-refractivity contribution in [2.24, 2.45) is 16.8 Å². The highest BCUT2D eigenvalue weighted by Crippen LogP contribution is 2.32. The minimum atomic E-state index is -0.0255. The third kappa shape index (κ3) is 1.53. The van der Waals surface area contributed by atoms with Gasteiger partial charge in [-0.2, -0.15) is 0 Å². The van der Waals surface area contributed by atoms with Gasteiger partial charge < -0.3 is 0 Å². The fourth-order valence-electron chi connectivity index (χ4n) is 1.79. The molecule has 0 saturated carbocycles. The van der Waals surface area contributed by atoms with Crippen LogP contribution in [0, 0.1) is 11.8 Å². The molecule has 3 heteroatoms. The molecule has 3 unspecified atom stereocenters. The zero-order chi connectivity index (χ0) is 9.42. The Morgan fingerprint density at radius 1 is 1.62 bits per heavy atom. The first-order chi connectivity index (χ1) is 6.18. The highest BCUT2D eigenvalue weighted by Gasteiger charge is 2.34. The molecule has 2 rings (SSSR count). The number of hydrogen-bond acceptors (Lipinski definition) is 2. The van der Waals surface area contributed by atoms with Crippen molar-refractivity contribution in [1.29, 1.82) is 0 Å². The Morgan fingerprint density at radius 3 is 3.08 bits per heavy atom. The molecule has 0 spiro atoms. The molecule has 0 N–H and O–H groups in total. The van der Waals surface area contributed by atoms with Crippen LogP contribution in [0.5, 0.6) is 0 Å². The molecule has 3 atom stereocenters. The zero-order valence-electron chi connectivity index (χ0n) is 7.27. The molecule has 2 nitrogen and oxygen atoms in total. The van der Waals surface area contributed by atoms with Gasteiger partial charge in [0, 0.05) is 16.6 Å². The molecule has 0 aromatic heterocycles. The lowest BCUT2D eigenvalue weighted by atomic mass is 9.85. The third-order valence-electron chi connectivity index (χ3n) is 2.50. The van der Waals surface area contributed by atoms with Gasteiger partial charge in [0.1, 0.15) is 5.78 Å². The predicted octanol–water partition coefficient (Wildman–Crippen LogP) is 2.11. The molecule has 1 aliphatic carbocycles. The van der Waals surface area contributed by atoms with Gasteiger partial charge in [0.15, 0.2) is 0 Å². The molecule has 1 aliphatic heterocycles. The Bertz CT molecular complexity index is 330. The van der Waals surface area contributed by atoms with Crippen molar-refractivity contribution in [3.8, 4) is 0 Å². The van der Waals surface area contributed by atoms with E-state index in [9.17, 15) is 4.79 Å². The summed E-state index contributed by atoms with van der Waals surface area (Å²) in [6.45, 7) is 1.62. The van der Waals surface area contributed by atoms with Crippen LogP contribution in [0.3, 0.4) is 0 Å². The number of ketones is 1. The summed E-state index contributed by atoms with van der Waals surface area (Å²) in [6, 6.07) is 0.176. The Morgan fingerprint density at radius 2 is 2.38 bits per heavy atom. The fraction of sp³-hybridized carbons (Fsp3) is 0.400. The zero-order valence-corrected chi connectivity index (χ0v) is 8.86. The van der Waals surface area contributed by atoms with E-state index in [0.29, 0.717) is 0 Å². The van der Waals surface area contributed by atoms with E-state index in [2.05, 4.69) is 27.0 Å². The van der Waals surface area contributed by atoms with Crippen molar-refractivity contribution >= 4 is 27.9 Å². The molecule has 13 heavy (non-hydrogen) atoms. The lowest BCUT2D eigenvalue weighted by Gasteiger charge is -2.19. The number of rotatable bonds is 1. The second kappa shape index (κ2) is 3.22. The molecule has 0 radical (unpaired) electrons. The normalized spacial score (nSPS) is 35.8. The van der Waals surface area contributed by atoms with Gasteiger partial charge in [-0.25, -0.2) is 0 Å².